The first-order valence-electron chi connectivity index (χ1n) is 11.0. The van der Waals surface area contributed by atoms with Crippen LogP contribution in [0.15, 0.2) is 70.2 Å². The van der Waals surface area contributed by atoms with Crippen molar-refractivity contribution in [1.82, 2.24) is 4.98 Å². The van der Waals surface area contributed by atoms with E-state index in [9.17, 15) is 13.2 Å². The molecule has 0 saturated heterocycles. The Morgan fingerprint density at radius 1 is 1.15 bits per heavy atom. The van der Waals surface area contributed by atoms with E-state index in [-0.39, 0.29) is 23.8 Å². The molecule has 0 radical (unpaired) electrons. The average Bonchev–Trinajstić information content (AvgIpc) is 3.47. The molecule has 34 heavy (non-hydrogen) atoms. The van der Waals surface area contributed by atoms with Gasteiger partial charge >= 0.3 is 0 Å². The van der Waals surface area contributed by atoms with Gasteiger partial charge in [-0.15, -0.1) is 0 Å². The summed E-state index contributed by atoms with van der Waals surface area (Å²) in [6.45, 7) is 6.03. The number of hydrogen-bond donors (Lipinski definition) is 0. The monoisotopic (exact) mass is 498 g/mol. The zero-order chi connectivity index (χ0) is 24.3. The molecule has 2 heterocycles. The number of furan rings is 1. The van der Waals surface area contributed by atoms with Crippen LogP contribution in [0.3, 0.4) is 0 Å². The van der Waals surface area contributed by atoms with Crippen LogP contribution in [0.1, 0.15) is 32.1 Å². The standard InChI is InChI=1S/C25H26N2O5S2/c1-4-31-19-9-12-22-23(15-19)33-25(26-22)27(16-20-6-5-13-32-20)24(28)14-18-7-10-21(11-8-18)34(29,30)17(2)3/h5-13,15,17H,4,14,16H2,1-3H3. The maximum absolute atomic E-state index is 13.4. The second-order valence-electron chi connectivity index (χ2n) is 8.03. The summed E-state index contributed by atoms with van der Waals surface area (Å²) in [6, 6.07) is 15.7. The maximum Gasteiger partial charge on any atom is 0.233 e. The third-order valence-electron chi connectivity index (χ3n) is 5.31. The summed E-state index contributed by atoms with van der Waals surface area (Å²) in [5.41, 5.74) is 1.50. The zero-order valence-electron chi connectivity index (χ0n) is 19.2. The van der Waals surface area contributed by atoms with Gasteiger partial charge in [0.05, 0.1) is 46.2 Å². The molecule has 2 aromatic heterocycles. The second kappa shape index (κ2) is 9.99. The number of anilines is 1. The molecule has 1 amide bonds. The van der Waals surface area contributed by atoms with Crippen LogP contribution >= 0.6 is 11.3 Å². The van der Waals surface area contributed by atoms with Gasteiger partial charge in [-0.1, -0.05) is 23.5 Å². The molecule has 0 fully saturated rings. The van der Waals surface area contributed by atoms with Crippen molar-refractivity contribution in [3.05, 3.63) is 72.2 Å². The van der Waals surface area contributed by atoms with Gasteiger partial charge in [0.25, 0.3) is 0 Å². The molecule has 0 aliphatic heterocycles. The minimum atomic E-state index is -3.36. The molecule has 0 N–H and O–H groups in total. The van der Waals surface area contributed by atoms with Gasteiger partial charge < -0.3 is 9.15 Å². The van der Waals surface area contributed by atoms with Crippen molar-refractivity contribution < 1.29 is 22.4 Å². The number of sulfone groups is 1. The Morgan fingerprint density at radius 3 is 2.56 bits per heavy atom. The predicted octanol–water partition coefficient (Wildman–Crippen LogP) is 5.25. The number of rotatable bonds is 9. The van der Waals surface area contributed by atoms with Crippen LogP contribution in [0.4, 0.5) is 5.13 Å². The van der Waals surface area contributed by atoms with E-state index in [0.29, 0.717) is 17.5 Å². The number of aromatic nitrogens is 1. The highest BCUT2D eigenvalue weighted by atomic mass is 32.2. The van der Waals surface area contributed by atoms with Gasteiger partial charge in [-0.3, -0.25) is 9.69 Å². The zero-order valence-corrected chi connectivity index (χ0v) is 20.9. The van der Waals surface area contributed by atoms with Crippen LogP contribution in [0.2, 0.25) is 0 Å². The molecule has 4 aromatic rings. The minimum Gasteiger partial charge on any atom is -0.494 e. The van der Waals surface area contributed by atoms with E-state index in [4.69, 9.17) is 9.15 Å². The van der Waals surface area contributed by atoms with Gasteiger partial charge in [-0.2, -0.15) is 0 Å². The molecule has 0 bridgehead atoms. The van der Waals surface area contributed by atoms with Gasteiger partial charge in [-0.05, 0) is 68.8 Å². The maximum atomic E-state index is 13.4. The summed E-state index contributed by atoms with van der Waals surface area (Å²) in [5.74, 6) is 1.23. The Balaban J connectivity index is 1.61. The Kier molecular flexibility index (Phi) is 7.04. The topological polar surface area (TPSA) is 89.7 Å². The van der Waals surface area contributed by atoms with Gasteiger partial charge in [0.15, 0.2) is 15.0 Å². The molecule has 0 spiro atoms. The lowest BCUT2D eigenvalue weighted by atomic mass is 10.1. The quantitative estimate of drug-likeness (QED) is 0.313. The van der Waals surface area contributed by atoms with Crippen molar-refractivity contribution in [1.29, 1.82) is 0 Å². The largest absolute Gasteiger partial charge is 0.494 e. The van der Waals surface area contributed by atoms with Crippen molar-refractivity contribution in [3.8, 4) is 5.75 Å². The molecule has 0 atom stereocenters. The fraction of sp³-hybridized carbons (Fsp3) is 0.280. The molecule has 0 aliphatic rings. The lowest BCUT2D eigenvalue weighted by Crippen LogP contribution is -2.31. The van der Waals surface area contributed by atoms with Crippen molar-refractivity contribution >= 4 is 42.4 Å². The van der Waals surface area contributed by atoms with Crippen LogP contribution < -0.4 is 9.64 Å². The SMILES string of the molecule is CCOc1ccc2nc(N(Cc3ccco3)C(=O)Cc3ccc(S(=O)(=O)C(C)C)cc3)sc2c1. The second-order valence-corrected chi connectivity index (χ2v) is 11.5. The highest BCUT2D eigenvalue weighted by molar-refractivity contribution is 7.92. The number of carbonyl (C=O) groups is 1. The summed E-state index contributed by atoms with van der Waals surface area (Å²) in [4.78, 5) is 19.9. The summed E-state index contributed by atoms with van der Waals surface area (Å²) in [6.07, 6.45) is 1.67. The van der Waals surface area contributed by atoms with Gasteiger partial charge in [-0.25, -0.2) is 13.4 Å². The van der Waals surface area contributed by atoms with Crippen LogP contribution in [-0.4, -0.2) is 31.2 Å². The van der Waals surface area contributed by atoms with E-state index >= 15 is 0 Å². The van der Waals surface area contributed by atoms with Crippen molar-refractivity contribution in [2.75, 3.05) is 11.5 Å². The summed E-state index contributed by atoms with van der Waals surface area (Å²) in [5, 5.41) is 0.0510. The molecule has 0 saturated carbocycles. The van der Waals surface area contributed by atoms with Crippen LogP contribution in [0.25, 0.3) is 10.2 Å². The summed E-state index contributed by atoms with van der Waals surface area (Å²) in [7, 11) is -3.36. The number of thiazole rings is 1. The number of ether oxygens (including phenoxy) is 1. The highest BCUT2D eigenvalue weighted by Gasteiger charge is 2.23. The normalized spacial score (nSPS) is 11.8. The highest BCUT2D eigenvalue weighted by Crippen LogP contribution is 2.33. The molecule has 7 nitrogen and oxygen atoms in total. The molecule has 4 rings (SSSR count). The molecule has 178 valence electrons. The average molecular weight is 499 g/mol. The summed E-state index contributed by atoms with van der Waals surface area (Å²) >= 11 is 1.41. The lowest BCUT2D eigenvalue weighted by molar-refractivity contribution is -0.118. The van der Waals surface area contributed by atoms with E-state index in [2.05, 4.69) is 4.98 Å². The van der Waals surface area contributed by atoms with Crippen molar-refractivity contribution in [2.24, 2.45) is 0 Å². The Bertz CT molecular complexity index is 1370. The Morgan fingerprint density at radius 2 is 1.91 bits per heavy atom. The van der Waals surface area contributed by atoms with Crippen LogP contribution in [0.5, 0.6) is 5.75 Å². The molecule has 0 unspecified atom stereocenters. The molecule has 0 aliphatic carbocycles. The minimum absolute atomic E-state index is 0.100. The van der Waals surface area contributed by atoms with Gasteiger partial charge in [0.1, 0.15) is 11.5 Å². The van der Waals surface area contributed by atoms with Gasteiger partial charge in [0.2, 0.25) is 5.91 Å². The van der Waals surface area contributed by atoms with Crippen LogP contribution in [-0.2, 0) is 27.6 Å². The van der Waals surface area contributed by atoms with E-state index in [0.717, 1.165) is 21.5 Å². The third-order valence-corrected chi connectivity index (χ3v) is 8.53. The van der Waals surface area contributed by atoms with Crippen molar-refractivity contribution in [3.63, 3.8) is 0 Å². The smallest absolute Gasteiger partial charge is 0.233 e. The number of carbonyl (C=O) groups excluding carboxylic acids is 1. The van der Waals surface area contributed by atoms with E-state index < -0.39 is 15.1 Å². The Hall–Kier alpha value is -3.17. The predicted molar refractivity (Wildman–Crippen MR) is 133 cm³/mol. The number of fused-ring (bicyclic) bond motifs is 1. The molecular formula is C25H26N2O5S2. The van der Waals surface area contributed by atoms with Crippen LogP contribution in [0, 0.1) is 0 Å². The van der Waals surface area contributed by atoms with E-state index in [1.165, 1.54) is 11.3 Å². The van der Waals surface area contributed by atoms with Crippen molar-refractivity contribution in [2.45, 2.75) is 43.9 Å². The van der Waals surface area contributed by atoms with E-state index in [1.807, 2.05) is 31.2 Å². The fourth-order valence-electron chi connectivity index (χ4n) is 3.42. The number of benzene rings is 2. The van der Waals surface area contributed by atoms with E-state index in [1.54, 1.807) is 55.3 Å². The number of nitrogens with zero attached hydrogens (tertiary/aromatic N) is 2. The molecular weight excluding hydrogens is 472 g/mol. The molecule has 2 aromatic carbocycles. The fourth-order valence-corrected chi connectivity index (χ4v) is 5.50. The number of amides is 1. The first kappa shape index (κ1) is 24.0. The summed E-state index contributed by atoms with van der Waals surface area (Å²) < 4.78 is 36.8. The Labute approximate surface area is 202 Å². The molecule has 9 heteroatoms. The van der Waals surface area contributed by atoms with Gasteiger partial charge in [0, 0.05) is 0 Å². The third kappa shape index (κ3) is 5.15. The number of hydrogen-bond acceptors (Lipinski definition) is 7. The lowest BCUT2D eigenvalue weighted by Gasteiger charge is -2.19. The first-order valence-corrected chi connectivity index (χ1v) is 13.3. The first-order chi connectivity index (χ1) is 16.3.